The number of benzene rings is 3. The van der Waals surface area contributed by atoms with Gasteiger partial charge in [-0.1, -0.05) is 41.9 Å². The lowest BCUT2D eigenvalue weighted by Gasteiger charge is -2.18. The van der Waals surface area contributed by atoms with Crippen LogP contribution in [-0.2, 0) is 26.1 Å². The summed E-state index contributed by atoms with van der Waals surface area (Å²) in [6.45, 7) is 13.7. The van der Waals surface area contributed by atoms with Crippen molar-refractivity contribution in [3.8, 4) is 34.6 Å². The predicted octanol–water partition coefficient (Wildman–Crippen LogP) is 9.31. The number of rotatable bonds is 11. The highest BCUT2D eigenvalue weighted by Gasteiger charge is 2.21. The van der Waals surface area contributed by atoms with Crippen LogP contribution in [0.15, 0.2) is 91.0 Å². The number of carbonyl (C=O) groups excluding carboxylic acids is 1. The van der Waals surface area contributed by atoms with Gasteiger partial charge in [0.1, 0.15) is 22.8 Å². The number of halogens is 1. The summed E-state index contributed by atoms with van der Waals surface area (Å²) in [6, 6.07) is 30.6. The van der Waals surface area contributed by atoms with E-state index in [4.69, 9.17) is 36.5 Å². The van der Waals surface area contributed by atoms with Gasteiger partial charge in [-0.25, -0.2) is 24.9 Å². The minimum absolute atomic E-state index is 0.142. The zero-order valence-corrected chi connectivity index (χ0v) is 32.0. The highest BCUT2D eigenvalue weighted by Crippen LogP contribution is 2.31. The number of imidazole rings is 3. The lowest BCUT2D eigenvalue weighted by atomic mass is 10.0. The summed E-state index contributed by atoms with van der Waals surface area (Å²) in [5.41, 5.74) is 10.7. The first-order valence-corrected chi connectivity index (χ1v) is 19.1. The van der Waals surface area contributed by atoms with Crippen molar-refractivity contribution in [2.75, 3.05) is 13.1 Å². The van der Waals surface area contributed by atoms with Gasteiger partial charge in [-0.3, -0.25) is 4.79 Å². The van der Waals surface area contributed by atoms with Gasteiger partial charge < -0.3 is 18.6 Å². The standard InChI is InChI=1S/C43H42ClN9O/c1-6-50(7-2)43(54)36-26-29(44)25-35(46-36)42-49-34-24-28(19-21-39(34)53(42)10-5)22-27-18-20-38-33(23-27)48-41(52(38)9-4)32-16-13-15-31(45-32)40-47-30-14-11-12-17-37(30)51(40)8-3/h11-21,23-26H,6-10,22H2,1-5H3. The number of hydrogen-bond donors (Lipinski definition) is 0. The van der Waals surface area contributed by atoms with Gasteiger partial charge in [0, 0.05) is 37.7 Å². The van der Waals surface area contributed by atoms with Crippen LogP contribution in [0.4, 0.5) is 0 Å². The maximum Gasteiger partial charge on any atom is 0.272 e. The number of hydrogen-bond acceptors (Lipinski definition) is 6. The molecule has 5 aromatic heterocycles. The first-order chi connectivity index (χ1) is 26.3. The highest BCUT2D eigenvalue weighted by atomic mass is 35.5. The SMILES string of the molecule is CCN(CC)C(=O)c1cc(Cl)cc(-c2nc3cc(Cc4ccc5c(c4)nc(-c4cccc(-c6nc7ccccc7n6CC)n4)n5CC)ccc3n2CC)n1. The molecule has 5 heterocycles. The first kappa shape index (κ1) is 35.2. The topological polar surface area (TPSA) is 99.6 Å². The fourth-order valence-corrected chi connectivity index (χ4v) is 7.71. The zero-order valence-electron chi connectivity index (χ0n) is 31.2. The third kappa shape index (κ3) is 6.20. The second-order valence-corrected chi connectivity index (χ2v) is 13.7. The van der Waals surface area contributed by atoms with Crippen LogP contribution < -0.4 is 0 Å². The quantitative estimate of drug-likeness (QED) is 0.131. The summed E-state index contributed by atoms with van der Waals surface area (Å²) in [5, 5.41) is 0.454. The van der Waals surface area contributed by atoms with Gasteiger partial charge in [0.25, 0.3) is 5.91 Å². The number of pyridine rings is 2. The van der Waals surface area contributed by atoms with Crippen molar-refractivity contribution in [3.05, 3.63) is 113 Å². The van der Waals surface area contributed by atoms with Crippen LogP contribution >= 0.6 is 11.6 Å². The van der Waals surface area contributed by atoms with E-state index in [1.54, 1.807) is 17.0 Å². The summed E-state index contributed by atoms with van der Waals surface area (Å²) >= 11 is 6.54. The molecule has 0 fully saturated rings. The van der Waals surface area contributed by atoms with Crippen LogP contribution in [0.25, 0.3) is 67.7 Å². The molecule has 0 aliphatic rings. The number of fused-ring (bicyclic) bond motifs is 3. The fraction of sp³-hybridized carbons (Fsp3) is 0.256. The van der Waals surface area contributed by atoms with Crippen molar-refractivity contribution < 1.29 is 4.79 Å². The van der Waals surface area contributed by atoms with Gasteiger partial charge in [0.2, 0.25) is 0 Å². The van der Waals surface area contributed by atoms with Gasteiger partial charge >= 0.3 is 0 Å². The van der Waals surface area contributed by atoms with Crippen LogP contribution in [0.5, 0.6) is 0 Å². The molecule has 0 spiro atoms. The molecule has 272 valence electrons. The molecule has 1 amide bonds. The molecule has 0 N–H and O–H groups in total. The van der Waals surface area contributed by atoms with E-state index in [2.05, 4.69) is 76.9 Å². The summed E-state index contributed by atoms with van der Waals surface area (Å²) in [4.78, 5) is 39.9. The summed E-state index contributed by atoms with van der Waals surface area (Å²) < 4.78 is 6.56. The summed E-state index contributed by atoms with van der Waals surface area (Å²) in [6.07, 6.45) is 0.716. The monoisotopic (exact) mass is 735 g/mol. The molecule has 8 aromatic rings. The van der Waals surface area contributed by atoms with Gasteiger partial charge in [-0.05, 0) is 113 Å². The molecular formula is C43H42ClN9O. The lowest BCUT2D eigenvalue weighted by Crippen LogP contribution is -2.31. The molecule has 0 unspecified atom stereocenters. The Balaban J connectivity index is 1.11. The minimum Gasteiger partial charge on any atom is -0.338 e. The molecule has 0 saturated heterocycles. The third-order valence-corrected chi connectivity index (χ3v) is 10.4. The maximum absolute atomic E-state index is 13.2. The Morgan fingerprint density at radius 2 is 1.07 bits per heavy atom. The molecule has 0 saturated carbocycles. The van der Waals surface area contributed by atoms with Crippen molar-refractivity contribution >= 4 is 50.6 Å². The maximum atomic E-state index is 13.2. The second kappa shape index (κ2) is 14.5. The number of para-hydroxylation sites is 2. The molecule has 0 bridgehead atoms. The second-order valence-electron chi connectivity index (χ2n) is 13.3. The van der Waals surface area contributed by atoms with Crippen molar-refractivity contribution in [1.82, 2.24) is 43.5 Å². The normalized spacial score (nSPS) is 11.7. The fourth-order valence-electron chi connectivity index (χ4n) is 7.51. The lowest BCUT2D eigenvalue weighted by molar-refractivity contribution is 0.0767. The van der Waals surface area contributed by atoms with E-state index < -0.39 is 0 Å². The Bertz CT molecular complexity index is 2680. The molecule has 8 rings (SSSR count). The number of amides is 1. The van der Waals surface area contributed by atoms with Crippen molar-refractivity contribution in [2.45, 2.75) is 60.7 Å². The molecule has 0 radical (unpaired) electrons. The minimum atomic E-state index is -0.142. The molecule has 10 nitrogen and oxygen atoms in total. The highest BCUT2D eigenvalue weighted by molar-refractivity contribution is 6.31. The molecule has 54 heavy (non-hydrogen) atoms. The van der Waals surface area contributed by atoms with E-state index in [1.807, 2.05) is 50.2 Å². The van der Waals surface area contributed by atoms with Gasteiger partial charge in [0.15, 0.2) is 17.5 Å². The number of aromatic nitrogens is 8. The molecule has 0 atom stereocenters. The average Bonchev–Trinajstić information content (AvgIpc) is 3.88. The number of nitrogens with zero attached hydrogens (tertiary/aromatic N) is 9. The Labute approximate surface area is 319 Å². The van der Waals surface area contributed by atoms with Gasteiger partial charge in [-0.15, -0.1) is 0 Å². The Morgan fingerprint density at radius 3 is 1.63 bits per heavy atom. The zero-order chi connectivity index (χ0) is 37.5. The number of aryl methyl sites for hydroxylation is 3. The molecule has 11 heteroatoms. The summed E-state index contributed by atoms with van der Waals surface area (Å²) in [5.74, 6) is 2.23. The van der Waals surface area contributed by atoms with Crippen molar-refractivity contribution in [2.24, 2.45) is 0 Å². The van der Waals surface area contributed by atoms with Crippen LogP contribution in [0.2, 0.25) is 5.02 Å². The van der Waals surface area contributed by atoms with Gasteiger partial charge in [0.05, 0.1) is 33.1 Å². The van der Waals surface area contributed by atoms with Crippen LogP contribution in [0.1, 0.15) is 56.2 Å². The van der Waals surface area contributed by atoms with Crippen molar-refractivity contribution in [3.63, 3.8) is 0 Å². The van der Waals surface area contributed by atoms with E-state index in [-0.39, 0.29) is 5.91 Å². The Hall–Kier alpha value is -5.87. The van der Waals surface area contributed by atoms with Gasteiger partial charge in [-0.2, -0.15) is 0 Å². The Morgan fingerprint density at radius 1 is 0.556 bits per heavy atom. The van der Waals surface area contributed by atoms with E-state index in [0.29, 0.717) is 48.3 Å². The first-order valence-electron chi connectivity index (χ1n) is 18.7. The molecule has 0 aliphatic heterocycles. The van der Waals surface area contributed by atoms with E-state index in [0.717, 1.165) is 80.4 Å². The molecule has 3 aromatic carbocycles. The number of carbonyl (C=O) groups is 1. The van der Waals surface area contributed by atoms with Crippen LogP contribution in [0.3, 0.4) is 0 Å². The van der Waals surface area contributed by atoms with E-state index in [9.17, 15) is 4.79 Å². The van der Waals surface area contributed by atoms with Crippen LogP contribution in [-0.4, -0.2) is 62.5 Å². The average molecular weight is 736 g/mol. The molecular weight excluding hydrogens is 694 g/mol. The van der Waals surface area contributed by atoms with Crippen molar-refractivity contribution in [1.29, 1.82) is 0 Å². The van der Waals surface area contributed by atoms with E-state index in [1.165, 1.54) is 0 Å². The third-order valence-electron chi connectivity index (χ3n) is 10.1. The van der Waals surface area contributed by atoms with E-state index >= 15 is 0 Å². The van der Waals surface area contributed by atoms with Crippen LogP contribution in [0, 0.1) is 0 Å². The Kier molecular flexibility index (Phi) is 9.45. The summed E-state index contributed by atoms with van der Waals surface area (Å²) in [7, 11) is 0. The largest absolute Gasteiger partial charge is 0.338 e. The predicted molar refractivity (Wildman–Crippen MR) is 217 cm³/mol. The molecule has 0 aliphatic carbocycles. The smallest absolute Gasteiger partial charge is 0.272 e.